The molecule has 1 heterocycles. The van der Waals surface area contributed by atoms with Crippen molar-refractivity contribution in [2.75, 3.05) is 5.88 Å². The summed E-state index contributed by atoms with van der Waals surface area (Å²) in [6.45, 7) is 1.81. The van der Waals surface area contributed by atoms with Gasteiger partial charge in [0.1, 0.15) is 16.9 Å². The highest BCUT2D eigenvalue weighted by molar-refractivity contribution is 6.29. The van der Waals surface area contributed by atoms with Gasteiger partial charge >= 0.3 is 0 Å². The molecule has 6 heteroatoms. The van der Waals surface area contributed by atoms with Crippen LogP contribution in [0.25, 0.3) is 0 Å². The fourth-order valence-electron chi connectivity index (χ4n) is 2.79. The van der Waals surface area contributed by atoms with Crippen LogP contribution in [0.15, 0.2) is 53.7 Å². The Kier molecular flexibility index (Phi) is 3.96. The molecule has 3 rings (SSSR count). The van der Waals surface area contributed by atoms with Gasteiger partial charge < -0.3 is 15.3 Å². The smallest absolute Gasteiger partial charge is 0.240 e. The van der Waals surface area contributed by atoms with Gasteiger partial charge in [-0.05, 0) is 19.1 Å². The van der Waals surface area contributed by atoms with Crippen LogP contribution in [0.3, 0.4) is 0 Å². The number of oxime groups is 1. The Balaban J connectivity index is 2.15. The number of alkyl halides is 1. The average molecular weight is 331 g/mol. The number of nitrogens with one attached hydrogen (secondary N) is 1. The number of amidine groups is 1. The molecule has 118 valence electrons. The second-order valence-corrected chi connectivity index (χ2v) is 5.62. The molecule has 23 heavy (non-hydrogen) atoms. The van der Waals surface area contributed by atoms with Crippen molar-refractivity contribution >= 4 is 23.3 Å². The summed E-state index contributed by atoms with van der Waals surface area (Å²) in [5, 5.41) is 14.5. The number of carbonyl (C=O) groups excluding carboxylic acids is 1. The normalized spacial score (nSPS) is 15.1. The number of nitrogens with zero attached hydrogens (tertiary/aromatic N) is 1. The first-order valence-electron chi connectivity index (χ1n) is 7.06. The van der Waals surface area contributed by atoms with Crippen LogP contribution in [0.1, 0.15) is 18.1 Å². The predicted octanol–water partition coefficient (Wildman–Crippen LogP) is 3.24. The summed E-state index contributed by atoms with van der Waals surface area (Å²) in [6, 6.07) is 14.7. The number of benzene rings is 2. The quantitative estimate of drug-likeness (QED) is 0.292. The highest BCUT2D eigenvalue weighted by Gasteiger charge is 2.44. The zero-order valence-electron chi connectivity index (χ0n) is 12.4. The van der Waals surface area contributed by atoms with E-state index in [9.17, 15) is 4.79 Å². The number of rotatable bonds is 2. The largest absolute Gasteiger partial charge is 0.457 e. The lowest BCUT2D eigenvalue weighted by atomic mass is 9.73. The van der Waals surface area contributed by atoms with Gasteiger partial charge in [-0.15, -0.1) is 11.6 Å². The summed E-state index contributed by atoms with van der Waals surface area (Å²) in [5.74, 6) is 0.806. The van der Waals surface area contributed by atoms with Crippen LogP contribution in [0, 0.1) is 0 Å². The Morgan fingerprint density at radius 1 is 1.17 bits per heavy atom. The molecule has 1 amide bonds. The molecule has 0 aliphatic carbocycles. The number of amides is 1. The van der Waals surface area contributed by atoms with Crippen molar-refractivity contribution in [2.45, 2.75) is 12.3 Å². The first kappa shape index (κ1) is 15.4. The summed E-state index contributed by atoms with van der Waals surface area (Å²) in [6.07, 6.45) is 0. The molecule has 2 aromatic rings. The Morgan fingerprint density at radius 2 is 1.70 bits per heavy atom. The summed E-state index contributed by atoms with van der Waals surface area (Å²) in [5.41, 5.74) is 0.485. The van der Waals surface area contributed by atoms with Crippen molar-refractivity contribution in [1.82, 2.24) is 5.32 Å². The molecule has 0 saturated heterocycles. The third-order valence-electron chi connectivity index (χ3n) is 4.03. The van der Waals surface area contributed by atoms with Gasteiger partial charge in [0.05, 0.1) is 5.88 Å². The standard InChI is InChI=1S/C17H15ClN2O3/c1-17(16(21)19-15(10-18)20-22)11-6-2-4-8-13(11)23-14-9-5-3-7-12(14)17/h2-9,22H,10H2,1H3,(H,19,20,21). The second-order valence-electron chi connectivity index (χ2n) is 5.35. The number of hydrogen-bond acceptors (Lipinski definition) is 4. The van der Waals surface area contributed by atoms with E-state index in [4.69, 9.17) is 21.5 Å². The predicted molar refractivity (Wildman–Crippen MR) is 87.5 cm³/mol. The molecule has 0 bridgehead atoms. The maximum Gasteiger partial charge on any atom is 0.240 e. The van der Waals surface area contributed by atoms with E-state index < -0.39 is 5.41 Å². The van der Waals surface area contributed by atoms with Crippen LogP contribution in [0.5, 0.6) is 11.5 Å². The molecule has 1 aliphatic rings. The van der Waals surface area contributed by atoms with Crippen LogP contribution < -0.4 is 10.1 Å². The van der Waals surface area contributed by atoms with Gasteiger partial charge in [-0.2, -0.15) is 0 Å². The summed E-state index contributed by atoms with van der Waals surface area (Å²) < 4.78 is 5.89. The van der Waals surface area contributed by atoms with Gasteiger partial charge in [0.15, 0.2) is 5.84 Å². The van der Waals surface area contributed by atoms with Gasteiger partial charge in [-0.25, -0.2) is 0 Å². The fraction of sp³-hybridized carbons (Fsp3) is 0.176. The molecule has 0 aromatic heterocycles. The third-order valence-corrected chi connectivity index (χ3v) is 4.28. The van der Waals surface area contributed by atoms with Crippen molar-refractivity contribution < 1.29 is 14.7 Å². The molecular weight excluding hydrogens is 316 g/mol. The van der Waals surface area contributed by atoms with E-state index in [2.05, 4.69) is 10.5 Å². The number of para-hydroxylation sites is 2. The minimum absolute atomic E-state index is 0.000606. The van der Waals surface area contributed by atoms with E-state index in [0.717, 1.165) is 11.1 Å². The van der Waals surface area contributed by atoms with Crippen LogP contribution >= 0.6 is 11.6 Å². The summed E-state index contributed by atoms with van der Waals surface area (Å²) >= 11 is 5.67. The average Bonchev–Trinajstić information content (AvgIpc) is 2.59. The molecule has 2 aromatic carbocycles. The molecule has 0 atom stereocenters. The Labute approximate surface area is 138 Å². The van der Waals surface area contributed by atoms with Crippen molar-refractivity contribution in [2.24, 2.45) is 5.16 Å². The van der Waals surface area contributed by atoms with Crippen molar-refractivity contribution in [3.63, 3.8) is 0 Å². The van der Waals surface area contributed by atoms with Crippen LogP contribution in [-0.2, 0) is 10.2 Å². The maximum absolute atomic E-state index is 13.0. The van der Waals surface area contributed by atoms with E-state index in [1.807, 2.05) is 55.5 Å². The summed E-state index contributed by atoms with van der Waals surface area (Å²) in [7, 11) is 0. The van der Waals surface area contributed by atoms with Crippen molar-refractivity contribution in [3.05, 3.63) is 59.7 Å². The van der Waals surface area contributed by atoms with E-state index in [1.165, 1.54) is 0 Å². The molecule has 0 radical (unpaired) electrons. The molecule has 1 aliphatic heterocycles. The van der Waals surface area contributed by atoms with E-state index in [1.54, 1.807) is 0 Å². The van der Waals surface area contributed by atoms with Gasteiger partial charge in [0.25, 0.3) is 0 Å². The second kappa shape index (κ2) is 5.93. The first-order chi connectivity index (χ1) is 11.1. The minimum atomic E-state index is -0.993. The van der Waals surface area contributed by atoms with Gasteiger partial charge in [0.2, 0.25) is 5.91 Å². The lowest BCUT2D eigenvalue weighted by Gasteiger charge is -2.36. The summed E-state index contributed by atoms with van der Waals surface area (Å²) in [4.78, 5) is 13.0. The number of ether oxygens (including phenoxy) is 1. The third kappa shape index (κ3) is 2.43. The topological polar surface area (TPSA) is 70.9 Å². The Bertz CT molecular complexity index is 743. The van der Waals surface area contributed by atoms with E-state index in [0.29, 0.717) is 11.5 Å². The molecule has 0 fully saturated rings. The van der Waals surface area contributed by atoms with Crippen LogP contribution in [0.4, 0.5) is 0 Å². The molecule has 5 nitrogen and oxygen atoms in total. The lowest BCUT2D eigenvalue weighted by Crippen LogP contribution is -2.47. The number of halogens is 1. The van der Waals surface area contributed by atoms with Gasteiger partial charge in [-0.1, -0.05) is 41.6 Å². The Morgan fingerprint density at radius 3 is 2.17 bits per heavy atom. The molecule has 0 saturated carbocycles. The van der Waals surface area contributed by atoms with E-state index in [-0.39, 0.29) is 17.6 Å². The zero-order valence-corrected chi connectivity index (χ0v) is 13.2. The monoisotopic (exact) mass is 330 g/mol. The SMILES string of the molecule is CC1(C(=O)NC(CCl)=NO)c2ccccc2Oc2ccccc21. The molecule has 2 N–H and O–H groups in total. The van der Waals surface area contributed by atoms with E-state index >= 15 is 0 Å². The lowest BCUT2D eigenvalue weighted by molar-refractivity contribution is -0.123. The van der Waals surface area contributed by atoms with Gasteiger partial charge in [-0.3, -0.25) is 4.79 Å². The highest BCUT2D eigenvalue weighted by Crippen LogP contribution is 2.47. The van der Waals surface area contributed by atoms with Crippen LogP contribution in [0.2, 0.25) is 0 Å². The van der Waals surface area contributed by atoms with Crippen LogP contribution in [-0.4, -0.2) is 22.8 Å². The van der Waals surface area contributed by atoms with Gasteiger partial charge in [0, 0.05) is 11.1 Å². The van der Waals surface area contributed by atoms with Crippen molar-refractivity contribution in [3.8, 4) is 11.5 Å². The number of carbonyl (C=O) groups is 1. The number of hydrogen-bond donors (Lipinski definition) is 2. The molecule has 0 spiro atoms. The number of fused-ring (bicyclic) bond motifs is 2. The fourth-order valence-corrected chi connectivity index (χ4v) is 2.91. The molecular formula is C17H15ClN2O3. The Hall–Kier alpha value is -2.53. The highest BCUT2D eigenvalue weighted by atomic mass is 35.5. The maximum atomic E-state index is 13.0. The zero-order chi connectivity index (χ0) is 16.4. The first-order valence-corrected chi connectivity index (χ1v) is 7.60. The minimum Gasteiger partial charge on any atom is -0.457 e. The van der Waals surface area contributed by atoms with Crippen molar-refractivity contribution in [1.29, 1.82) is 0 Å². The molecule has 0 unspecified atom stereocenters.